The second kappa shape index (κ2) is 4.33. The molecule has 1 unspecified atom stereocenters. The van der Waals surface area contributed by atoms with Gasteiger partial charge in [0.05, 0.1) is 5.52 Å². The third-order valence-electron chi connectivity index (χ3n) is 2.70. The maximum Gasteiger partial charge on any atom is 0.108 e. The number of aromatic nitrogens is 2. The van der Waals surface area contributed by atoms with Crippen molar-refractivity contribution in [2.24, 2.45) is 5.73 Å². The van der Waals surface area contributed by atoms with Crippen LogP contribution < -0.4 is 5.73 Å². The number of nitrogens with one attached hydrogen (secondary N) is 1. The zero-order chi connectivity index (χ0) is 10.8. The molecule has 0 radical (unpaired) electrons. The number of nitrogens with two attached hydrogens (primary N) is 1. The highest BCUT2D eigenvalue weighted by Gasteiger charge is 2.08. The van der Waals surface area contributed by atoms with E-state index in [-0.39, 0.29) is 0 Å². The molecule has 1 atom stereocenters. The fourth-order valence-electron chi connectivity index (χ4n) is 1.72. The van der Waals surface area contributed by atoms with Crippen LogP contribution in [0.15, 0.2) is 22.8 Å². The summed E-state index contributed by atoms with van der Waals surface area (Å²) in [6, 6.07) is 6.33. The van der Waals surface area contributed by atoms with Crippen LogP contribution in [0.5, 0.6) is 0 Å². The molecule has 1 aromatic heterocycles. The van der Waals surface area contributed by atoms with Gasteiger partial charge in [-0.2, -0.15) is 5.10 Å². The van der Waals surface area contributed by atoms with E-state index in [2.05, 4.69) is 45.2 Å². The van der Waals surface area contributed by atoms with Crippen molar-refractivity contribution in [1.82, 2.24) is 10.2 Å². The van der Waals surface area contributed by atoms with Gasteiger partial charge in [-0.25, -0.2) is 0 Å². The van der Waals surface area contributed by atoms with Gasteiger partial charge in [0.2, 0.25) is 0 Å². The van der Waals surface area contributed by atoms with Crippen LogP contribution in [-0.4, -0.2) is 16.7 Å². The van der Waals surface area contributed by atoms with Crippen molar-refractivity contribution < 1.29 is 0 Å². The van der Waals surface area contributed by atoms with Gasteiger partial charge < -0.3 is 5.73 Å². The molecule has 2 aromatic rings. The molecule has 0 saturated heterocycles. The third kappa shape index (κ3) is 2.06. The van der Waals surface area contributed by atoms with Crippen LogP contribution in [0.2, 0.25) is 0 Å². The lowest BCUT2D eigenvalue weighted by Crippen LogP contribution is -2.04. The second-order valence-electron chi connectivity index (χ2n) is 3.79. The minimum Gasteiger partial charge on any atom is -0.330 e. The summed E-state index contributed by atoms with van der Waals surface area (Å²) >= 11 is 3.45. The van der Waals surface area contributed by atoms with Gasteiger partial charge in [0.1, 0.15) is 4.60 Å². The molecule has 0 amide bonds. The van der Waals surface area contributed by atoms with E-state index in [1.807, 2.05) is 6.07 Å². The Kier molecular flexibility index (Phi) is 3.07. The lowest BCUT2D eigenvalue weighted by atomic mass is 9.97. The first-order valence-electron chi connectivity index (χ1n) is 5.06. The Balaban J connectivity index is 2.41. The maximum absolute atomic E-state index is 5.56. The average molecular weight is 268 g/mol. The fourth-order valence-corrected chi connectivity index (χ4v) is 2.13. The van der Waals surface area contributed by atoms with E-state index in [0.29, 0.717) is 5.92 Å². The quantitative estimate of drug-likeness (QED) is 0.899. The molecule has 1 aromatic carbocycles. The molecule has 2 rings (SSSR count). The van der Waals surface area contributed by atoms with Crippen molar-refractivity contribution in [2.75, 3.05) is 6.54 Å². The van der Waals surface area contributed by atoms with Crippen LogP contribution in [0.4, 0.5) is 0 Å². The molecule has 0 spiro atoms. The number of nitrogens with zero attached hydrogens (tertiary/aromatic N) is 1. The van der Waals surface area contributed by atoms with Crippen molar-refractivity contribution in [3.05, 3.63) is 28.4 Å². The van der Waals surface area contributed by atoms with E-state index in [1.165, 1.54) is 5.56 Å². The number of hydrogen-bond donors (Lipinski definition) is 2. The molecule has 15 heavy (non-hydrogen) atoms. The van der Waals surface area contributed by atoms with E-state index in [0.717, 1.165) is 28.5 Å². The van der Waals surface area contributed by atoms with Gasteiger partial charge in [-0.05, 0) is 52.5 Å². The number of hydrogen-bond acceptors (Lipinski definition) is 2. The predicted molar refractivity (Wildman–Crippen MR) is 65.9 cm³/mol. The smallest absolute Gasteiger partial charge is 0.108 e. The van der Waals surface area contributed by atoms with Crippen LogP contribution in [-0.2, 0) is 0 Å². The molecule has 0 aliphatic rings. The van der Waals surface area contributed by atoms with Gasteiger partial charge in [0.25, 0.3) is 0 Å². The highest BCUT2D eigenvalue weighted by atomic mass is 79.9. The fraction of sp³-hybridized carbons (Fsp3) is 0.364. The van der Waals surface area contributed by atoms with Gasteiger partial charge in [-0.3, -0.25) is 5.10 Å². The molecule has 3 nitrogen and oxygen atoms in total. The zero-order valence-electron chi connectivity index (χ0n) is 8.63. The number of aromatic amines is 1. The van der Waals surface area contributed by atoms with Crippen LogP contribution in [0, 0.1) is 0 Å². The monoisotopic (exact) mass is 267 g/mol. The van der Waals surface area contributed by atoms with E-state index < -0.39 is 0 Å². The van der Waals surface area contributed by atoms with Crippen LogP contribution in [0.1, 0.15) is 24.8 Å². The first kappa shape index (κ1) is 10.6. The average Bonchev–Trinajstić information content (AvgIpc) is 2.60. The third-order valence-corrected chi connectivity index (χ3v) is 3.30. The van der Waals surface area contributed by atoms with E-state index >= 15 is 0 Å². The van der Waals surface area contributed by atoms with Crippen molar-refractivity contribution in [3.8, 4) is 0 Å². The Morgan fingerprint density at radius 1 is 1.53 bits per heavy atom. The maximum atomic E-state index is 5.56. The minimum atomic E-state index is 0.501. The molecule has 1 heterocycles. The lowest BCUT2D eigenvalue weighted by Gasteiger charge is -2.09. The molecule has 0 bridgehead atoms. The van der Waals surface area contributed by atoms with Gasteiger partial charge in [0.15, 0.2) is 0 Å². The minimum absolute atomic E-state index is 0.501. The Bertz CT molecular complexity index is 464. The topological polar surface area (TPSA) is 54.7 Å². The summed E-state index contributed by atoms with van der Waals surface area (Å²) in [4.78, 5) is 0. The number of rotatable bonds is 3. The van der Waals surface area contributed by atoms with Crippen molar-refractivity contribution in [3.63, 3.8) is 0 Å². The van der Waals surface area contributed by atoms with Crippen molar-refractivity contribution in [1.29, 1.82) is 0 Å². The standard InChI is InChI=1S/C11H14BrN3/c1-7(4-5-13)8-2-3-10-9(6-8)11(12)15-14-10/h2-3,6-7H,4-5,13H2,1H3,(H,14,15). The summed E-state index contributed by atoms with van der Waals surface area (Å²) in [6.07, 6.45) is 1.01. The lowest BCUT2D eigenvalue weighted by molar-refractivity contribution is 0.691. The zero-order valence-corrected chi connectivity index (χ0v) is 10.2. The Labute approximate surface area is 97.2 Å². The molecule has 0 saturated carbocycles. The van der Waals surface area contributed by atoms with Crippen LogP contribution >= 0.6 is 15.9 Å². The van der Waals surface area contributed by atoms with E-state index in [9.17, 15) is 0 Å². The van der Waals surface area contributed by atoms with Gasteiger partial charge in [0, 0.05) is 5.39 Å². The highest BCUT2D eigenvalue weighted by Crippen LogP contribution is 2.26. The Hall–Kier alpha value is -0.870. The van der Waals surface area contributed by atoms with E-state index in [4.69, 9.17) is 5.73 Å². The number of H-pyrrole nitrogens is 1. The molecule has 0 aliphatic carbocycles. The molecular formula is C11H14BrN3. The largest absolute Gasteiger partial charge is 0.330 e. The molecule has 4 heteroatoms. The van der Waals surface area contributed by atoms with Crippen LogP contribution in [0.3, 0.4) is 0 Å². The van der Waals surface area contributed by atoms with Gasteiger partial charge in [-0.15, -0.1) is 0 Å². The first-order chi connectivity index (χ1) is 7.22. The number of benzene rings is 1. The van der Waals surface area contributed by atoms with Crippen molar-refractivity contribution >= 4 is 26.8 Å². The summed E-state index contributed by atoms with van der Waals surface area (Å²) in [6.45, 7) is 2.92. The van der Waals surface area contributed by atoms with Gasteiger partial charge in [-0.1, -0.05) is 13.0 Å². The number of halogens is 1. The Morgan fingerprint density at radius 2 is 2.33 bits per heavy atom. The molecule has 0 fully saturated rings. The normalized spacial score (nSPS) is 13.3. The highest BCUT2D eigenvalue weighted by molar-refractivity contribution is 9.10. The summed E-state index contributed by atoms with van der Waals surface area (Å²) < 4.78 is 0.944. The van der Waals surface area contributed by atoms with Crippen molar-refractivity contribution in [2.45, 2.75) is 19.3 Å². The number of fused-ring (bicyclic) bond motifs is 1. The van der Waals surface area contributed by atoms with Gasteiger partial charge >= 0.3 is 0 Å². The summed E-state index contributed by atoms with van der Waals surface area (Å²) in [5, 5.41) is 8.22. The SMILES string of the molecule is CC(CCN)c1ccc2n[nH]c(Br)c2c1. The summed E-state index contributed by atoms with van der Waals surface area (Å²) in [5.74, 6) is 0.501. The summed E-state index contributed by atoms with van der Waals surface area (Å²) in [5.41, 5.74) is 7.87. The second-order valence-corrected chi connectivity index (χ2v) is 4.59. The van der Waals surface area contributed by atoms with E-state index in [1.54, 1.807) is 0 Å². The molecule has 0 aliphatic heterocycles. The predicted octanol–water partition coefficient (Wildman–Crippen LogP) is 2.78. The van der Waals surface area contributed by atoms with Crippen LogP contribution in [0.25, 0.3) is 10.9 Å². The molecule has 80 valence electrons. The molecule has 3 N–H and O–H groups in total. The first-order valence-corrected chi connectivity index (χ1v) is 5.85. The summed E-state index contributed by atoms with van der Waals surface area (Å²) in [7, 11) is 0. The molecular weight excluding hydrogens is 254 g/mol. The Morgan fingerprint density at radius 3 is 3.07 bits per heavy atom.